The van der Waals surface area contributed by atoms with Gasteiger partial charge in [0.25, 0.3) is 5.91 Å². The fourth-order valence-electron chi connectivity index (χ4n) is 4.94. The lowest BCUT2D eigenvalue weighted by Crippen LogP contribution is -2.50. The largest absolute Gasteiger partial charge is 0.481 e. The molecule has 7 heteroatoms. The SMILES string of the molecule is O=C(O)CCC1CN(C(=O)c2ccccc2NC(=O)OCC2c3ccccc3-c3ccccc32)C1. The summed E-state index contributed by atoms with van der Waals surface area (Å²) in [5, 5.41) is 11.6. The summed E-state index contributed by atoms with van der Waals surface area (Å²) in [7, 11) is 0. The number of para-hydroxylation sites is 1. The minimum Gasteiger partial charge on any atom is -0.481 e. The van der Waals surface area contributed by atoms with Gasteiger partial charge in [-0.25, -0.2) is 4.79 Å². The van der Waals surface area contributed by atoms with E-state index in [0.29, 0.717) is 30.8 Å². The number of fused-ring (bicyclic) bond motifs is 3. The van der Waals surface area contributed by atoms with Crippen molar-refractivity contribution < 1.29 is 24.2 Å². The first kappa shape index (κ1) is 22.7. The molecule has 5 rings (SSSR count). The predicted molar refractivity (Wildman–Crippen MR) is 131 cm³/mol. The van der Waals surface area contributed by atoms with E-state index in [1.807, 2.05) is 24.3 Å². The summed E-state index contributed by atoms with van der Waals surface area (Å²) >= 11 is 0. The lowest BCUT2D eigenvalue weighted by Gasteiger charge is -2.39. The Labute approximate surface area is 203 Å². The predicted octanol–water partition coefficient (Wildman–Crippen LogP) is 4.98. The van der Waals surface area contributed by atoms with Crippen LogP contribution in [0.5, 0.6) is 0 Å². The maximum Gasteiger partial charge on any atom is 0.411 e. The number of benzene rings is 3. The van der Waals surface area contributed by atoms with Crippen molar-refractivity contribution in [3.63, 3.8) is 0 Å². The van der Waals surface area contributed by atoms with E-state index in [9.17, 15) is 14.4 Å². The fourth-order valence-corrected chi connectivity index (χ4v) is 4.94. The Balaban J connectivity index is 1.22. The van der Waals surface area contributed by atoms with Gasteiger partial charge in [0.1, 0.15) is 6.61 Å². The van der Waals surface area contributed by atoms with Gasteiger partial charge in [0.05, 0.1) is 11.3 Å². The van der Waals surface area contributed by atoms with Gasteiger partial charge >= 0.3 is 12.1 Å². The van der Waals surface area contributed by atoms with E-state index in [0.717, 1.165) is 22.3 Å². The molecule has 1 saturated heterocycles. The number of aliphatic carboxylic acids is 1. The Kier molecular flexibility index (Phi) is 6.23. The van der Waals surface area contributed by atoms with Gasteiger partial charge in [-0.3, -0.25) is 14.9 Å². The van der Waals surface area contributed by atoms with E-state index >= 15 is 0 Å². The molecule has 1 heterocycles. The molecule has 0 atom stereocenters. The molecule has 0 bridgehead atoms. The molecule has 0 saturated carbocycles. The van der Waals surface area contributed by atoms with Crippen LogP contribution < -0.4 is 5.32 Å². The van der Waals surface area contributed by atoms with E-state index in [1.54, 1.807) is 29.2 Å². The van der Waals surface area contributed by atoms with Crippen LogP contribution in [0.2, 0.25) is 0 Å². The summed E-state index contributed by atoms with van der Waals surface area (Å²) in [6.45, 7) is 1.23. The number of anilines is 1. The highest BCUT2D eigenvalue weighted by Crippen LogP contribution is 2.44. The number of likely N-dealkylation sites (tertiary alicyclic amines) is 1. The van der Waals surface area contributed by atoms with Gasteiger partial charge in [0, 0.05) is 25.4 Å². The van der Waals surface area contributed by atoms with Gasteiger partial charge < -0.3 is 14.7 Å². The van der Waals surface area contributed by atoms with Gasteiger partial charge in [0.2, 0.25) is 0 Å². The van der Waals surface area contributed by atoms with E-state index in [-0.39, 0.29) is 30.8 Å². The van der Waals surface area contributed by atoms with Crippen molar-refractivity contribution in [3.05, 3.63) is 89.5 Å². The third kappa shape index (κ3) is 4.62. The molecule has 2 aliphatic rings. The van der Waals surface area contributed by atoms with E-state index in [4.69, 9.17) is 9.84 Å². The fraction of sp³-hybridized carbons (Fsp3) is 0.250. The maximum absolute atomic E-state index is 13.0. The summed E-state index contributed by atoms with van der Waals surface area (Å²) in [5.41, 5.74) is 5.36. The molecule has 2 amide bonds. The summed E-state index contributed by atoms with van der Waals surface area (Å²) in [4.78, 5) is 38.1. The van der Waals surface area contributed by atoms with Crippen LogP contribution in [-0.4, -0.2) is 47.7 Å². The van der Waals surface area contributed by atoms with Crippen molar-refractivity contribution in [2.75, 3.05) is 25.0 Å². The van der Waals surface area contributed by atoms with E-state index in [1.165, 1.54) is 0 Å². The third-order valence-electron chi connectivity index (χ3n) is 6.75. The highest BCUT2D eigenvalue weighted by atomic mass is 16.5. The number of hydrogen-bond acceptors (Lipinski definition) is 4. The molecule has 1 aliphatic heterocycles. The molecule has 0 radical (unpaired) electrons. The number of rotatable bonds is 7. The minimum atomic E-state index is -0.826. The molecule has 0 spiro atoms. The number of hydrogen-bond donors (Lipinski definition) is 2. The van der Waals surface area contributed by atoms with Crippen LogP contribution in [0.4, 0.5) is 10.5 Å². The summed E-state index contributed by atoms with van der Waals surface area (Å²) in [6.07, 6.45) is 0.0424. The van der Waals surface area contributed by atoms with Crippen LogP contribution in [0, 0.1) is 5.92 Å². The van der Waals surface area contributed by atoms with Crippen molar-refractivity contribution in [1.82, 2.24) is 4.90 Å². The van der Waals surface area contributed by atoms with Gasteiger partial charge in [-0.2, -0.15) is 0 Å². The summed E-state index contributed by atoms with van der Waals surface area (Å²) < 4.78 is 5.62. The number of carboxylic acid groups (broad SMARTS) is 1. The molecule has 3 aromatic rings. The van der Waals surface area contributed by atoms with E-state index < -0.39 is 12.1 Å². The van der Waals surface area contributed by atoms with Crippen molar-refractivity contribution in [1.29, 1.82) is 0 Å². The average Bonchev–Trinajstić information content (AvgIpc) is 3.15. The number of amides is 2. The number of ether oxygens (including phenoxy) is 1. The van der Waals surface area contributed by atoms with Crippen LogP contribution in [0.1, 0.15) is 40.2 Å². The Morgan fingerprint density at radius 2 is 1.49 bits per heavy atom. The Morgan fingerprint density at radius 3 is 2.14 bits per heavy atom. The molecule has 3 aromatic carbocycles. The molecule has 0 aromatic heterocycles. The smallest absolute Gasteiger partial charge is 0.411 e. The van der Waals surface area contributed by atoms with Crippen molar-refractivity contribution in [3.8, 4) is 11.1 Å². The number of carboxylic acids is 1. The molecular weight excluding hydrogens is 444 g/mol. The van der Waals surface area contributed by atoms with Crippen molar-refractivity contribution in [2.24, 2.45) is 5.92 Å². The zero-order valence-electron chi connectivity index (χ0n) is 19.1. The molecule has 1 fully saturated rings. The molecule has 35 heavy (non-hydrogen) atoms. The molecule has 1 aliphatic carbocycles. The highest BCUT2D eigenvalue weighted by molar-refractivity contribution is 6.03. The molecule has 7 nitrogen and oxygen atoms in total. The Hall–Kier alpha value is -4.13. The topological polar surface area (TPSA) is 95.9 Å². The average molecular weight is 471 g/mol. The van der Waals surface area contributed by atoms with Gasteiger partial charge in [-0.1, -0.05) is 60.7 Å². The number of carbonyl (C=O) groups excluding carboxylic acids is 2. The highest BCUT2D eigenvalue weighted by Gasteiger charge is 2.33. The standard InChI is InChI=1S/C28H26N2O5/c31-26(32)14-13-18-15-30(16-18)27(33)23-11-5-6-12-25(23)29-28(34)35-17-24-21-9-3-1-7-19(21)20-8-2-4-10-22(20)24/h1-12,18,24H,13-17H2,(H,29,34)(H,31,32). The number of nitrogens with zero attached hydrogens (tertiary/aromatic N) is 1. The zero-order chi connectivity index (χ0) is 24.4. The maximum atomic E-state index is 13.0. The summed E-state index contributed by atoms with van der Waals surface area (Å²) in [6, 6.07) is 23.1. The molecular formula is C28H26N2O5. The quantitative estimate of drug-likeness (QED) is 0.508. The van der Waals surface area contributed by atoms with Crippen LogP contribution in [0.25, 0.3) is 11.1 Å². The Bertz CT molecular complexity index is 1240. The Morgan fingerprint density at radius 1 is 0.886 bits per heavy atom. The van der Waals surface area contributed by atoms with Gasteiger partial charge in [-0.05, 0) is 46.7 Å². The first-order valence-electron chi connectivity index (χ1n) is 11.7. The van der Waals surface area contributed by atoms with Crippen LogP contribution in [-0.2, 0) is 9.53 Å². The van der Waals surface area contributed by atoms with Crippen molar-refractivity contribution in [2.45, 2.75) is 18.8 Å². The zero-order valence-corrected chi connectivity index (χ0v) is 19.1. The van der Waals surface area contributed by atoms with Crippen molar-refractivity contribution >= 4 is 23.7 Å². The van der Waals surface area contributed by atoms with Gasteiger partial charge in [0.15, 0.2) is 0 Å². The second-order valence-electron chi connectivity index (χ2n) is 9.00. The van der Waals surface area contributed by atoms with Crippen LogP contribution in [0.3, 0.4) is 0 Å². The second-order valence-corrected chi connectivity index (χ2v) is 9.00. The minimum absolute atomic E-state index is 0.0474. The number of nitrogens with one attached hydrogen (secondary N) is 1. The van der Waals surface area contributed by atoms with Crippen LogP contribution in [0.15, 0.2) is 72.8 Å². The second kappa shape index (κ2) is 9.62. The first-order chi connectivity index (χ1) is 17.0. The monoisotopic (exact) mass is 470 g/mol. The number of carbonyl (C=O) groups is 3. The van der Waals surface area contributed by atoms with Crippen LogP contribution >= 0.6 is 0 Å². The molecule has 0 unspecified atom stereocenters. The molecule has 178 valence electrons. The lowest BCUT2D eigenvalue weighted by atomic mass is 9.93. The lowest BCUT2D eigenvalue weighted by molar-refractivity contribution is -0.137. The van der Waals surface area contributed by atoms with Gasteiger partial charge in [-0.15, -0.1) is 0 Å². The first-order valence-corrected chi connectivity index (χ1v) is 11.7. The normalized spacial score (nSPS) is 14.6. The molecule has 2 N–H and O–H groups in total. The van der Waals surface area contributed by atoms with E-state index in [2.05, 4.69) is 29.6 Å². The third-order valence-corrected chi connectivity index (χ3v) is 6.75. The summed E-state index contributed by atoms with van der Waals surface area (Å²) in [5.74, 6) is -0.871.